The second-order valence-corrected chi connectivity index (χ2v) is 7.83. The number of para-hydroxylation sites is 1. The van der Waals surface area contributed by atoms with Crippen LogP contribution in [0, 0.1) is 18.6 Å². The van der Waals surface area contributed by atoms with Gasteiger partial charge in [0.1, 0.15) is 5.82 Å². The quantitative estimate of drug-likeness (QED) is 0.402. The summed E-state index contributed by atoms with van der Waals surface area (Å²) in [5.74, 6) is -0.525. The van der Waals surface area contributed by atoms with Crippen LogP contribution in [-0.2, 0) is 16.0 Å². The van der Waals surface area contributed by atoms with E-state index >= 15 is 0 Å². The van der Waals surface area contributed by atoms with Crippen molar-refractivity contribution in [2.75, 3.05) is 40.0 Å². The Labute approximate surface area is 198 Å². The summed E-state index contributed by atoms with van der Waals surface area (Å²) in [5, 5.41) is 15.0. The van der Waals surface area contributed by atoms with Gasteiger partial charge in [0.15, 0.2) is 11.6 Å². The van der Waals surface area contributed by atoms with Crippen LogP contribution in [0.3, 0.4) is 0 Å². The molecule has 1 atom stereocenters. The Morgan fingerprint density at radius 1 is 1.12 bits per heavy atom. The monoisotopic (exact) mass is 475 g/mol. The topological polar surface area (TPSA) is 69.0 Å². The number of nitrogens with zero attached hydrogens (tertiary/aromatic N) is 3. The average molecular weight is 476 g/mol. The standard InChI is InChI=1S/C25H31F2N3O4/c1-4-33-17-21(31)15-29(13-14-32-3)16-22-18(2)28-30(20-11-9-19(26)10-12-20)25(22)34-24-8-6-5-7-23(24)27/h5-12,21,31H,4,13-17H2,1-3H3. The van der Waals surface area contributed by atoms with E-state index in [0.29, 0.717) is 55.7 Å². The molecule has 3 aromatic rings. The van der Waals surface area contributed by atoms with Crippen molar-refractivity contribution in [2.24, 2.45) is 0 Å². The van der Waals surface area contributed by atoms with Gasteiger partial charge in [0.25, 0.3) is 0 Å². The summed E-state index contributed by atoms with van der Waals surface area (Å²) in [6.07, 6.45) is -0.694. The van der Waals surface area contributed by atoms with E-state index in [9.17, 15) is 13.9 Å². The smallest absolute Gasteiger partial charge is 0.227 e. The van der Waals surface area contributed by atoms with Crippen molar-refractivity contribution in [2.45, 2.75) is 26.5 Å². The second-order valence-electron chi connectivity index (χ2n) is 7.83. The van der Waals surface area contributed by atoms with E-state index in [1.54, 1.807) is 31.4 Å². The molecule has 1 N–H and O–H groups in total. The Kier molecular flexibility index (Phi) is 9.52. The first-order valence-electron chi connectivity index (χ1n) is 11.2. The number of benzene rings is 2. The van der Waals surface area contributed by atoms with E-state index in [1.165, 1.54) is 28.9 Å². The molecule has 0 fully saturated rings. The number of rotatable bonds is 13. The van der Waals surface area contributed by atoms with Crippen LogP contribution in [0.4, 0.5) is 8.78 Å². The minimum Gasteiger partial charge on any atom is -0.435 e. The van der Waals surface area contributed by atoms with E-state index < -0.39 is 11.9 Å². The van der Waals surface area contributed by atoms with Gasteiger partial charge in [-0.2, -0.15) is 5.10 Å². The summed E-state index contributed by atoms with van der Waals surface area (Å²) in [6.45, 7) is 6.12. The molecule has 0 radical (unpaired) electrons. The summed E-state index contributed by atoms with van der Waals surface area (Å²) in [4.78, 5) is 2.00. The van der Waals surface area contributed by atoms with Crippen LogP contribution < -0.4 is 4.74 Å². The van der Waals surface area contributed by atoms with E-state index in [2.05, 4.69) is 5.10 Å². The zero-order chi connectivity index (χ0) is 24.5. The lowest BCUT2D eigenvalue weighted by Crippen LogP contribution is -2.36. The summed E-state index contributed by atoms with van der Waals surface area (Å²) < 4.78 is 46.1. The molecule has 7 nitrogen and oxygen atoms in total. The summed E-state index contributed by atoms with van der Waals surface area (Å²) in [5.41, 5.74) is 1.95. The molecule has 1 aromatic heterocycles. The molecule has 34 heavy (non-hydrogen) atoms. The Balaban J connectivity index is 1.98. The van der Waals surface area contributed by atoms with Crippen molar-refractivity contribution in [3.63, 3.8) is 0 Å². The van der Waals surface area contributed by atoms with Gasteiger partial charge in [-0.1, -0.05) is 12.1 Å². The molecule has 184 valence electrons. The maximum absolute atomic E-state index is 14.4. The maximum atomic E-state index is 14.4. The number of methoxy groups -OCH3 is 1. The summed E-state index contributed by atoms with van der Waals surface area (Å²) in [7, 11) is 1.61. The molecule has 0 bridgehead atoms. The Morgan fingerprint density at radius 3 is 2.53 bits per heavy atom. The van der Waals surface area contributed by atoms with Crippen LogP contribution in [0.15, 0.2) is 48.5 Å². The number of aryl methyl sites for hydroxylation is 1. The van der Waals surface area contributed by atoms with E-state index in [1.807, 2.05) is 18.7 Å². The van der Waals surface area contributed by atoms with Crippen molar-refractivity contribution in [1.82, 2.24) is 14.7 Å². The molecule has 9 heteroatoms. The number of ether oxygens (including phenoxy) is 3. The van der Waals surface area contributed by atoms with Crippen LogP contribution in [-0.4, -0.2) is 65.9 Å². The Bertz CT molecular complexity index is 1040. The van der Waals surface area contributed by atoms with Crippen molar-refractivity contribution in [3.8, 4) is 17.3 Å². The van der Waals surface area contributed by atoms with Gasteiger partial charge in [0, 0.05) is 33.4 Å². The Morgan fingerprint density at radius 2 is 1.85 bits per heavy atom. The molecule has 0 saturated heterocycles. The number of hydrogen-bond acceptors (Lipinski definition) is 6. The number of aromatic nitrogens is 2. The van der Waals surface area contributed by atoms with Crippen LogP contribution >= 0.6 is 0 Å². The fraction of sp³-hybridized carbons (Fsp3) is 0.400. The van der Waals surface area contributed by atoms with Crippen LogP contribution in [0.25, 0.3) is 5.69 Å². The Hall–Kier alpha value is -2.85. The molecule has 0 amide bonds. The molecule has 0 aliphatic carbocycles. The fourth-order valence-electron chi connectivity index (χ4n) is 3.50. The summed E-state index contributed by atoms with van der Waals surface area (Å²) in [6, 6.07) is 11.9. The highest BCUT2D eigenvalue weighted by molar-refractivity contribution is 5.43. The molecular formula is C25H31F2N3O4. The molecule has 2 aromatic carbocycles. The van der Waals surface area contributed by atoms with E-state index in [0.717, 1.165) is 0 Å². The molecule has 0 aliphatic heterocycles. The first kappa shape index (κ1) is 25.8. The molecule has 1 heterocycles. The third kappa shape index (κ3) is 6.83. The van der Waals surface area contributed by atoms with Crippen molar-refractivity contribution < 1.29 is 28.1 Å². The van der Waals surface area contributed by atoms with Crippen molar-refractivity contribution >= 4 is 0 Å². The first-order chi connectivity index (χ1) is 16.4. The lowest BCUT2D eigenvalue weighted by Gasteiger charge is -2.25. The van der Waals surface area contributed by atoms with Gasteiger partial charge in [-0.15, -0.1) is 0 Å². The zero-order valence-corrected chi connectivity index (χ0v) is 19.7. The average Bonchev–Trinajstić information content (AvgIpc) is 3.12. The van der Waals surface area contributed by atoms with Crippen molar-refractivity contribution in [1.29, 1.82) is 0 Å². The lowest BCUT2D eigenvalue weighted by atomic mass is 10.2. The molecular weight excluding hydrogens is 444 g/mol. The molecule has 3 rings (SSSR count). The highest BCUT2D eigenvalue weighted by atomic mass is 19.1. The van der Waals surface area contributed by atoms with Crippen LogP contribution in [0.2, 0.25) is 0 Å². The lowest BCUT2D eigenvalue weighted by molar-refractivity contribution is 0.0147. The SMILES string of the molecule is CCOCC(O)CN(CCOC)Cc1c(C)nn(-c2ccc(F)cc2)c1Oc1ccccc1F. The number of aliphatic hydroxyl groups is 1. The van der Waals surface area contributed by atoms with Gasteiger partial charge in [-0.05, 0) is 50.2 Å². The number of hydrogen-bond donors (Lipinski definition) is 1. The molecule has 0 saturated carbocycles. The number of halogens is 2. The molecule has 0 spiro atoms. The van der Waals surface area contributed by atoms with Gasteiger partial charge in [-0.3, -0.25) is 4.90 Å². The van der Waals surface area contributed by atoms with Crippen molar-refractivity contribution in [3.05, 3.63) is 71.4 Å². The van der Waals surface area contributed by atoms with Crippen LogP contribution in [0.1, 0.15) is 18.2 Å². The predicted octanol–water partition coefficient (Wildman–Crippen LogP) is 4.10. The van der Waals surface area contributed by atoms with Gasteiger partial charge >= 0.3 is 0 Å². The van der Waals surface area contributed by atoms with Gasteiger partial charge in [-0.25, -0.2) is 13.5 Å². The van der Waals surface area contributed by atoms with Crippen LogP contribution in [0.5, 0.6) is 11.6 Å². The third-order valence-corrected chi connectivity index (χ3v) is 5.23. The third-order valence-electron chi connectivity index (χ3n) is 5.23. The first-order valence-corrected chi connectivity index (χ1v) is 11.2. The van der Waals surface area contributed by atoms with Gasteiger partial charge in [0.05, 0.1) is 36.3 Å². The summed E-state index contributed by atoms with van der Waals surface area (Å²) >= 11 is 0. The van der Waals surface area contributed by atoms with Gasteiger partial charge < -0.3 is 19.3 Å². The minimum atomic E-state index is -0.694. The predicted molar refractivity (Wildman–Crippen MR) is 124 cm³/mol. The second kappa shape index (κ2) is 12.6. The fourth-order valence-corrected chi connectivity index (χ4v) is 3.50. The molecule has 1 unspecified atom stereocenters. The highest BCUT2D eigenvalue weighted by Gasteiger charge is 2.23. The van der Waals surface area contributed by atoms with E-state index in [4.69, 9.17) is 14.2 Å². The largest absolute Gasteiger partial charge is 0.435 e. The number of aliphatic hydroxyl groups excluding tert-OH is 1. The minimum absolute atomic E-state index is 0.0480. The van der Waals surface area contributed by atoms with E-state index in [-0.39, 0.29) is 18.2 Å². The highest BCUT2D eigenvalue weighted by Crippen LogP contribution is 2.32. The maximum Gasteiger partial charge on any atom is 0.227 e. The molecule has 0 aliphatic rings. The zero-order valence-electron chi connectivity index (χ0n) is 19.7. The van der Waals surface area contributed by atoms with Gasteiger partial charge in [0.2, 0.25) is 5.88 Å². The normalized spacial score (nSPS) is 12.3.